The average molecular weight is 193 g/mol. The van der Waals surface area contributed by atoms with Crippen molar-refractivity contribution < 1.29 is 5.11 Å². The van der Waals surface area contributed by atoms with E-state index >= 15 is 0 Å². The summed E-state index contributed by atoms with van der Waals surface area (Å²) in [4.78, 5) is 0. The summed E-state index contributed by atoms with van der Waals surface area (Å²) < 4.78 is 0. The Labute approximate surface area is 83.4 Å². The van der Waals surface area contributed by atoms with Gasteiger partial charge in [-0.15, -0.1) is 5.10 Å². The predicted octanol–water partition coefficient (Wildman–Crippen LogP) is 0.969. The molecule has 2 N–H and O–H groups in total. The van der Waals surface area contributed by atoms with Crippen LogP contribution >= 0.6 is 0 Å². The summed E-state index contributed by atoms with van der Waals surface area (Å²) in [6.07, 6.45) is 2.21. The summed E-state index contributed by atoms with van der Waals surface area (Å²) in [6.45, 7) is 2.97. The lowest BCUT2D eigenvalue weighted by Crippen LogP contribution is -2.19. The molecular formula is C10H15N3O. The third-order valence-electron chi connectivity index (χ3n) is 2.73. The molecule has 4 heteroatoms. The van der Waals surface area contributed by atoms with Gasteiger partial charge in [0.1, 0.15) is 5.82 Å². The maximum absolute atomic E-state index is 9.10. The lowest BCUT2D eigenvalue weighted by molar-refractivity contribution is 0.219. The largest absolute Gasteiger partial charge is 0.396 e. The van der Waals surface area contributed by atoms with E-state index in [9.17, 15) is 0 Å². The van der Waals surface area contributed by atoms with E-state index in [0.29, 0.717) is 0 Å². The molecule has 0 saturated heterocycles. The minimum Gasteiger partial charge on any atom is -0.396 e. The van der Waals surface area contributed by atoms with Gasteiger partial charge < -0.3 is 10.4 Å². The van der Waals surface area contributed by atoms with Crippen LogP contribution in [-0.2, 0) is 0 Å². The minimum atomic E-state index is 0.118. The Balaban J connectivity index is 1.89. The van der Waals surface area contributed by atoms with Crippen LogP contribution in [0, 0.1) is 12.3 Å². The number of aryl methyl sites for hydroxylation is 1. The van der Waals surface area contributed by atoms with Crippen molar-refractivity contribution >= 4 is 5.82 Å². The number of aromatic nitrogens is 2. The molecule has 0 spiro atoms. The monoisotopic (exact) mass is 193 g/mol. The van der Waals surface area contributed by atoms with Gasteiger partial charge in [-0.05, 0) is 31.9 Å². The van der Waals surface area contributed by atoms with E-state index in [-0.39, 0.29) is 12.0 Å². The second kappa shape index (κ2) is 3.53. The van der Waals surface area contributed by atoms with E-state index < -0.39 is 0 Å². The van der Waals surface area contributed by atoms with Crippen molar-refractivity contribution in [2.75, 3.05) is 18.5 Å². The molecule has 76 valence electrons. The van der Waals surface area contributed by atoms with Gasteiger partial charge in [-0.1, -0.05) is 0 Å². The highest BCUT2D eigenvalue weighted by Crippen LogP contribution is 2.44. The molecule has 1 aromatic rings. The average Bonchev–Trinajstić information content (AvgIpc) is 2.98. The van der Waals surface area contributed by atoms with Crippen LogP contribution in [-0.4, -0.2) is 28.5 Å². The van der Waals surface area contributed by atoms with Crippen LogP contribution in [0.4, 0.5) is 5.82 Å². The number of hydrogen-bond donors (Lipinski definition) is 2. The maximum atomic E-state index is 9.10. The number of aliphatic hydroxyl groups is 1. The van der Waals surface area contributed by atoms with Gasteiger partial charge in [0.15, 0.2) is 0 Å². The summed E-state index contributed by atoms with van der Waals surface area (Å²) in [7, 11) is 0. The van der Waals surface area contributed by atoms with E-state index in [1.165, 1.54) is 0 Å². The Kier molecular flexibility index (Phi) is 2.37. The van der Waals surface area contributed by atoms with Gasteiger partial charge in [0.2, 0.25) is 0 Å². The van der Waals surface area contributed by atoms with Gasteiger partial charge in [-0.3, -0.25) is 0 Å². The fourth-order valence-corrected chi connectivity index (χ4v) is 1.34. The van der Waals surface area contributed by atoms with Gasteiger partial charge in [0.25, 0.3) is 0 Å². The van der Waals surface area contributed by atoms with Gasteiger partial charge in [0, 0.05) is 12.0 Å². The van der Waals surface area contributed by atoms with Crippen LogP contribution < -0.4 is 5.32 Å². The Morgan fingerprint density at radius 1 is 1.43 bits per heavy atom. The quantitative estimate of drug-likeness (QED) is 0.748. The van der Waals surface area contributed by atoms with Crippen molar-refractivity contribution in [2.45, 2.75) is 19.8 Å². The topological polar surface area (TPSA) is 58.0 Å². The van der Waals surface area contributed by atoms with Crippen LogP contribution in [0.5, 0.6) is 0 Å². The molecular weight excluding hydrogens is 178 g/mol. The zero-order valence-electron chi connectivity index (χ0n) is 8.32. The third-order valence-corrected chi connectivity index (χ3v) is 2.73. The zero-order valence-corrected chi connectivity index (χ0v) is 8.32. The number of anilines is 1. The lowest BCUT2D eigenvalue weighted by Gasteiger charge is -2.12. The third kappa shape index (κ3) is 2.01. The van der Waals surface area contributed by atoms with Crippen LogP contribution in [0.1, 0.15) is 18.5 Å². The van der Waals surface area contributed by atoms with Crippen LogP contribution in [0.2, 0.25) is 0 Å². The maximum Gasteiger partial charge on any atom is 0.148 e. The standard InChI is InChI=1S/C10H15N3O/c1-8-2-3-9(13-12-8)11-6-10(7-14)4-5-10/h2-3,14H,4-7H2,1H3,(H,11,13). The summed E-state index contributed by atoms with van der Waals surface area (Å²) in [5.41, 5.74) is 1.03. The molecule has 0 amide bonds. The molecule has 1 aromatic heterocycles. The SMILES string of the molecule is Cc1ccc(NCC2(CO)CC2)nn1. The second-order valence-corrected chi connectivity index (χ2v) is 4.07. The zero-order chi connectivity index (χ0) is 10.0. The number of nitrogens with zero attached hydrogens (tertiary/aromatic N) is 2. The summed E-state index contributed by atoms with van der Waals surface area (Å²) >= 11 is 0. The molecule has 0 bridgehead atoms. The van der Waals surface area contributed by atoms with Crippen molar-refractivity contribution in [2.24, 2.45) is 5.41 Å². The van der Waals surface area contributed by atoms with E-state index in [1.54, 1.807) is 0 Å². The first kappa shape index (κ1) is 9.40. The highest BCUT2D eigenvalue weighted by atomic mass is 16.3. The van der Waals surface area contributed by atoms with E-state index in [0.717, 1.165) is 30.9 Å². The molecule has 0 radical (unpaired) electrons. The van der Waals surface area contributed by atoms with Crippen molar-refractivity contribution in [3.63, 3.8) is 0 Å². The summed E-state index contributed by atoms with van der Waals surface area (Å²) in [6, 6.07) is 3.84. The van der Waals surface area contributed by atoms with Crippen molar-refractivity contribution in [3.05, 3.63) is 17.8 Å². The number of nitrogens with one attached hydrogen (secondary N) is 1. The van der Waals surface area contributed by atoms with Crippen LogP contribution in [0.3, 0.4) is 0 Å². The first-order valence-electron chi connectivity index (χ1n) is 4.89. The normalized spacial score (nSPS) is 17.9. The summed E-state index contributed by atoms with van der Waals surface area (Å²) in [5.74, 6) is 0.787. The fourth-order valence-electron chi connectivity index (χ4n) is 1.34. The number of aliphatic hydroxyl groups excluding tert-OH is 1. The summed E-state index contributed by atoms with van der Waals surface area (Å²) in [5, 5.41) is 20.2. The van der Waals surface area contributed by atoms with E-state index in [1.807, 2.05) is 19.1 Å². The molecule has 1 aliphatic carbocycles. The van der Waals surface area contributed by atoms with Gasteiger partial charge in [-0.25, -0.2) is 0 Å². The van der Waals surface area contributed by atoms with Crippen molar-refractivity contribution in [1.82, 2.24) is 10.2 Å². The Bertz CT molecular complexity index is 306. The highest BCUT2D eigenvalue weighted by Gasteiger charge is 2.41. The lowest BCUT2D eigenvalue weighted by atomic mass is 10.1. The van der Waals surface area contributed by atoms with Crippen molar-refractivity contribution in [1.29, 1.82) is 0 Å². The molecule has 0 aromatic carbocycles. The van der Waals surface area contributed by atoms with Gasteiger partial charge in [-0.2, -0.15) is 5.10 Å². The minimum absolute atomic E-state index is 0.118. The number of rotatable bonds is 4. The molecule has 2 rings (SSSR count). The molecule has 1 saturated carbocycles. The fraction of sp³-hybridized carbons (Fsp3) is 0.600. The first-order valence-corrected chi connectivity index (χ1v) is 4.89. The molecule has 14 heavy (non-hydrogen) atoms. The molecule has 1 fully saturated rings. The van der Waals surface area contributed by atoms with Crippen LogP contribution in [0.25, 0.3) is 0 Å². The Morgan fingerprint density at radius 2 is 2.21 bits per heavy atom. The van der Waals surface area contributed by atoms with E-state index in [4.69, 9.17) is 5.11 Å². The molecule has 0 unspecified atom stereocenters. The number of hydrogen-bond acceptors (Lipinski definition) is 4. The second-order valence-electron chi connectivity index (χ2n) is 4.07. The highest BCUT2D eigenvalue weighted by molar-refractivity contribution is 5.33. The first-order chi connectivity index (χ1) is 6.74. The van der Waals surface area contributed by atoms with Gasteiger partial charge >= 0.3 is 0 Å². The molecule has 1 heterocycles. The molecule has 0 aliphatic heterocycles. The Morgan fingerprint density at radius 3 is 2.71 bits per heavy atom. The molecule has 4 nitrogen and oxygen atoms in total. The van der Waals surface area contributed by atoms with Crippen LogP contribution in [0.15, 0.2) is 12.1 Å². The van der Waals surface area contributed by atoms with E-state index in [2.05, 4.69) is 15.5 Å². The predicted molar refractivity (Wildman–Crippen MR) is 54.0 cm³/mol. The smallest absolute Gasteiger partial charge is 0.148 e. The molecule has 1 aliphatic rings. The Hall–Kier alpha value is -1.16. The van der Waals surface area contributed by atoms with Gasteiger partial charge in [0.05, 0.1) is 12.3 Å². The van der Waals surface area contributed by atoms with Crippen molar-refractivity contribution in [3.8, 4) is 0 Å². The molecule has 0 atom stereocenters.